The van der Waals surface area contributed by atoms with Crippen LogP contribution in [-0.2, 0) is 15.3 Å². The molecular weight excluding hydrogens is 428 g/mol. The second kappa shape index (κ2) is 9.43. The van der Waals surface area contributed by atoms with Crippen LogP contribution in [0.5, 0.6) is 0 Å². The number of anilines is 2. The molecule has 3 aromatic rings. The fraction of sp³-hybridized carbons (Fsp3) is 0.214. The van der Waals surface area contributed by atoms with E-state index in [2.05, 4.69) is 4.90 Å². The predicted octanol–water partition coefficient (Wildman–Crippen LogP) is 5.48. The number of aliphatic carboxylic acids is 2. The van der Waals surface area contributed by atoms with E-state index >= 15 is 0 Å². The van der Waals surface area contributed by atoms with Gasteiger partial charge >= 0.3 is 11.9 Å². The van der Waals surface area contributed by atoms with Gasteiger partial charge in [-0.1, -0.05) is 80.6 Å². The van der Waals surface area contributed by atoms with Crippen molar-refractivity contribution in [3.63, 3.8) is 0 Å². The van der Waals surface area contributed by atoms with Gasteiger partial charge in [-0.2, -0.15) is 0 Å². The first-order chi connectivity index (χ1) is 16.5. The summed E-state index contributed by atoms with van der Waals surface area (Å²) in [5.41, 5.74) is 0.999. The van der Waals surface area contributed by atoms with E-state index in [1.807, 2.05) is 105 Å². The van der Waals surface area contributed by atoms with Crippen molar-refractivity contribution >= 4 is 23.3 Å². The highest BCUT2D eigenvalue weighted by atomic mass is 16.4. The van der Waals surface area contributed by atoms with Gasteiger partial charge in [0, 0.05) is 11.4 Å². The van der Waals surface area contributed by atoms with E-state index in [-0.39, 0.29) is 11.3 Å². The smallest absolute Gasteiger partial charge is 0.353 e. The zero-order valence-electron chi connectivity index (χ0n) is 19.3. The summed E-state index contributed by atoms with van der Waals surface area (Å²) in [5, 5.41) is 20.8. The lowest BCUT2D eigenvalue weighted by Crippen LogP contribution is -2.66. The normalized spacial score (nSPS) is 20.4. The molecule has 0 saturated heterocycles. The average molecular weight is 457 g/mol. The Morgan fingerprint density at radius 1 is 0.765 bits per heavy atom. The van der Waals surface area contributed by atoms with E-state index in [0.717, 1.165) is 11.3 Å². The van der Waals surface area contributed by atoms with Crippen LogP contribution in [0.4, 0.5) is 11.4 Å². The summed E-state index contributed by atoms with van der Waals surface area (Å²) in [4.78, 5) is 29.3. The van der Waals surface area contributed by atoms with Gasteiger partial charge in [-0.05, 0) is 42.7 Å². The zero-order chi connectivity index (χ0) is 24.3. The maximum Gasteiger partial charge on any atom is 0.353 e. The van der Waals surface area contributed by atoms with Gasteiger partial charge in [-0.25, -0.2) is 9.59 Å². The van der Waals surface area contributed by atoms with Crippen LogP contribution in [0.3, 0.4) is 0 Å². The van der Waals surface area contributed by atoms with Crippen LogP contribution < -0.4 is 9.80 Å². The number of carbonyl (C=O) groups is 2. The third-order valence-corrected chi connectivity index (χ3v) is 6.49. The Morgan fingerprint density at radius 3 is 1.71 bits per heavy atom. The molecule has 1 heterocycles. The van der Waals surface area contributed by atoms with Crippen molar-refractivity contribution in [2.45, 2.75) is 38.4 Å². The highest BCUT2D eigenvalue weighted by Gasteiger charge is 2.55. The Balaban J connectivity index is 2.21. The lowest BCUT2D eigenvalue weighted by atomic mass is 9.82. The summed E-state index contributed by atoms with van der Waals surface area (Å²) >= 11 is 0. The monoisotopic (exact) mass is 456 g/mol. The van der Waals surface area contributed by atoms with E-state index < -0.39 is 23.6 Å². The third-order valence-electron chi connectivity index (χ3n) is 6.49. The number of rotatable bonds is 7. The molecule has 1 aliphatic rings. The number of benzene rings is 3. The Hall–Kier alpha value is -4.06. The average Bonchev–Trinajstić information content (AvgIpc) is 2.88. The van der Waals surface area contributed by atoms with Crippen LogP contribution in [0.25, 0.3) is 0 Å². The molecule has 6 heteroatoms. The van der Waals surface area contributed by atoms with Gasteiger partial charge < -0.3 is 20.0 Å². The molecule has 0 amide bonds. The van der Waals surface area contributed by atoms with Crippen LogP contribution in [0.15, 0.2) is 102 Å². The SMILES string of the molecule is CCC1C(C(=O)O)=C(C(=O)O)N(c2ccccc2)C(CC)(c2ccccc2)N1c1ccccc1. The topological polar surface area (TPSA) is 81.1 Å². The zero-order valence-corrected chi connectivity index (χ0v) is 19.3. The van der Waals surface area contributed by atoms with Crippen molar-refractivity contribution in [1.82, 2.24) is 0 Å². The standard InChI is InChI=1S/C28H28N2O4/c1-3-23-24(26(31)32)25(27(33)34)30(22-18-12-7-13-19-22)28(4-2,20-14-8-5-9-15-20)29(23)21-16-10-6-11-17-21/h5-19,23H,3-4H2,1-2H3,(H,31,32)(H,33,34). The minimum absolute atomic E-state index is 0.122. The molecule has 0 bridgehead atoms. The summed E-state index contributed by atoms with van der Waals surface area (Å²) in [6.07, 6.45) is 0.922. The van der Waals surface area contributed by atoms with Crippen LogP contribution in [-0.4, -0.2) is 28.2 Å². The first-order valence-electron chi connectivity index (χ1n) is 11.4. The van der Waals surface area contributed by atoms with E-state index in [0.29, 0.717) is 18.5 Å². The number of para-hydroxylation sites is 2. The number of carboxylic acids is 2. The fourth-order valence-corrected chi connectivity index (χ4v) is 5.21. The van der Waals surface area contributed by atoms with Crippen molar-refractivity contribution < 1.29 is 19.8 Å². The molecule has 2 atom stereocenters. The maximum absolute atomic E-state index is 12.8. The van der Waals surface area contributed by atoms with Crippen molar-refractivity contribution in [3.8, 4) is 0 Å². The van der Waals surface area contributed by atoms with Crippen LogP contribution in [0.2, 0.25) is 0 Å². The molecule has 0 spiro atoms. The maximum atomic E-state index is 12.8. The number of hydrogen-bond acceptors (Lipinski definition) is 4. The summed E-state index contributed by atoms with van der Waals surface area (Å²) < 4.78 is 0. The van der Waals surface area contributed by atoms with Crippen LogP contribution >= 0.6 is 0 Å². The molecule has 0 saturated carbocycles. The molecule has 0 aromatic heterocycles. The Labute approximate surface area is 199 Å². The lowest BCUT2D eigenvalue weighted by Gasteiger charge is -2.58. The molecule has 174 valence electrons. The first-order valence-corrected chi connectivity index (χ1v) is 11.4. The molecule has 3 aromatic carbocycles. The Kier molecular flexibility index (Phi) is 6.41. The second-order valence-electron chi connectivity index (χ2n) is 8.21. The van der Waals surface area contributed by atoms with E-state index in [9.17, 15) is 19.8 Å². The molecule has 0 radical (unpaired) electrons. The van der Waals surface area contributed by atoms with Crippen LogP contribution in [0, 0.1) is 0 Å². The van der Waals surface area contributed by atoms with Gasteiger partial charge in [0.05, 0.1) is 11.6 Å². The Morgan fingerprint density at radius 2 is 1.26 bits per heavy atom. The van der Waals surface area contributed by atoms with Crippen molar-refractivity contribution in [3.05, 3.63) is 108 Å². The molecule has 2 unspecified atom stereocenters. The van der Waals surface area contributed by atoms with Crippen molar-refractivity contribution in [1.29, 1.82) is 0 Å². The molecule has 4 rings (SSSR count). The minimum atomic E-state index is -1.26. The highest BCUT2D eigenvalue weighted by Crippen LogP contribution is 2.50. The summed E-state index contributed by atoms with van der Waals surface area (Å²) in [6, 6.07) is 27.9. The second-order valence-corrected chi connectivity index (χ2v) is 8.21. The van der Waals surface area contributed by atoms with Crippen molar-refractivity contribution in [2.24, 2.45) is 0 Å². The quantitative estimate of drug-likeness (QED) is 0.490. The summed E-state index contributed by atoms with van der Waals surface area (Å²) in [6.45, 7) is 3.91. The van der Waals surface area contributed by atoms with E-state index in [4.69, 9.17) is 0 Å². The minimum Gasteiger partial charge on any atom is -0.478 e. The summed E-state index contributed by atoms with van der Waals surface area (Å²) in [5.74, 6) is -2.50. The first kappa shape index (κ1) is 23.1. The van der Waals surface area contributed by atoms with E-state index in [1.54, 1.807) is 4.90 Å². The predicted molar refractivity (Wildman–Crippen MR) is 133 cm³/mol. The molecule has 0 aliphatic carbocycles. The molecule has 0 fully saturated rings. The molecule has 34 heavy (non-hydrogen) atoms. The van der Waals surface area contributed by atoms with Gasteiger partial charge in [-0.15, -0.1) is 0 Å². The highest BCUT2D eigenvalue weighted by molar-refractivity contribution is 6.04. The van der Waals surface area contributed by atoms with Gasteiger partial charge in [0.15, 0.2) is 0 Å². The molecule has 1 aliphatic heterocycles. The van der Waals surface area contributed by atoms with E-state index in [1.165, 1.54) is 0 Å². The lowest BCUT2D eigenvalue weighted by molar-refractivity contribution is -0.136. The molecule has 2 N–H and O–H groups in total. The fourth-order valence-electron chi connectivity index (χ4n) is 5.21. The van der Waals surface area contributed by atoms with Gasteiger partial charge in [0.2, 0.25) is 0 Å². The Bertz CT molecular complexity index is 1190. The number of hydrogen-bond donors (Lipinski definition) is 2. The van der Waals surface area contributed by atoms with Gasteiger partial charge in [0.1, 0.15) is 11.4 Å². The van der Waals surface area contributed by atoms with Gasteiger partial charge in [-0.3, -0.25) is 0 Å². The van der Waals surface area contributed by atoms with Crippen LogP contribution in [0.1, 0.15) is 32.3 Å². The largest absolute Gasteiger partial charge is 0.478 e. The van der Waals surface area contributed by atoms with Gasteiger partial charge in [0.25, 0.3) is 0 Å². The third kappa shape index (κ3) is 3.61. The molecular formula is C28H28N2O4. The summed E-state index contributed by atoms with van der Waals surface area (Å²) in [7, 11) is 0. The number of nitrogens with zero attached hydrogens (tertiary/aromatic N) is 2. The number of carboxylic acid groups (broad SMARTS) is 2. The van der Waals surface area contributed by atoms with Crippen molar-refractivity contribution in [2.75, 3.05) is 9.80 Å². The molecule has 6 nitrogen and oxygen atoms in total.